The Bertz CT molecular complexity index is 564. The number of thiocarbonyl (C=S) groups is 1. The first-order chi connectivity index (χ1) is 12.1. The lowest BCUT2D eigenvalue weighted by molar-refractivity contribution is -0.933. The van der Waals surface area contributed by atoms with Crippen LogP contribution < -0.4 is 10.2 Å². The highest BCUT2D eigenvalue weighted by molar-refractivity contribution is 7.80. The van der Waals surface area contributed by atoms with Crippen LogP contribution in [0.1, 0.15) is 51.4 Å². The van der Waals surface area contributed by atoms with Gasteiger partial charge in [-0.2, -0.15) is 0 Å². The first-order valence-corrected chi connectivity index (χ1v) is 10.6. The molecule has 1 atom stereocenters. The zero-order chi connectivity index (χ0) is 17.6. The number of quaternary nitrogens is 1. The molecule has 0 bridgehead atoms. The average Bonchev–Trinajstić information content (AvgIpc) is 2.90. The molecule has 25 heavy (non-hydrogen) atoms. The Labute approximate surface area is 162 Å². The summed E-state index contributed by atoms with van der Waals surface area (Å²) in [5, 5.41) is 4.90. The van der Waals surface area contributed by atoms with Crippen LogP contribution in [-0.2, 0) is 0 Å². The number of nitrogens with one attached hydrogen (secondary N) is 2. The number of anilines is 1. The van der Waals surface area contributed by atoms with Gasteiger partial charge in [0.2, 0.25) is 0 Å². The van der Waals surface area contributed by atoms with Crippen LogP contribution in [0.3, 0.4) is 0 Å². The second kappa shape index (κ2) is 9.20. The summed E-state index contributed by atoms with van der Waals surface area (Å²) < 4.78 is 0. The summed E-state index contributed by atoms with van der Waals surface area (Å²) >= 11 is 11.7. The van der Waals surface area contributed by atoms with Gasteiger partial charge in [0.15, 0.2) is 5.11 Å². The van der Waals surface area contributed by atoms with Gasteiger partial charge in [0.05, 0.1) is 19.1 Å². The third kappa shape index (κ3) is 5.32. The molecule has 1 heterocycles. The smallest absolute Gasteiger partial charge is 0.173 e. The molecular weight excluding hydrogens is 350 g/mol. The Kier molecular flexibility index (Phi) is 6.97. The normalized spacial score (nSPS) is 21.6. The van der Waals surface area contributed by atoms with Gasteiger partial charge in [0, 0.05) is 36.6 Å². The van der Waals surface area contributed by atoms with E-state index in [0.717, 1.165) is 41.0 Å². The molecule has 2 N–H and O–H groups in total. The lowest BCUT2D eigenvalue weighted by Crippen LogP contribution is -3.17. The van der Waals surface area contributed by atoms with Gasteiger partial charge in [-0.05, 0) is 56.1 Å². The molecule has 138 valence electrons. The summed E-state index contributed by atoms with van der Waals surface area (Å²) in [6.07, 6.45) is 11.0. The standard InChI is InChI=1S/C20H30ClN3S/c1-23(18-9-4-2-3-5-10-18)19-11-13-24(14-12-19)20(25)22-17-8-6-7-16(21)15-17/h6-8,15,18-19H,2-5,9-14H2,1H3,(H,22,25)/p+1. The van der Waals surface area contributed by atoms with E-state index >= 15 is 0 Å². The molecule has 1 aromatic carbocycles. The van der Waals surface area contributed by atoms with E-state index in [1.54, 1.807) is 4.90 Å². The number of hydrogen-bond donors (Lipinski definition) is 2. The zero-order valence-electron chi connectivity index (χ0n) is 15.3. The van der Waals surface area contributed by atoms with Crippen molar-refractivity contribution < 1.29 is 4.90 Å². The van der Waals surface area contributed by atoms with Crippen molar-refractivity contribution in [1.29, 1.82) is 0 Å². The minimum atomic E-state index is 0.736. The monoisotopic (exact) mass is 380 g/mol. The zero-order valence-corrected chi connectivity index (χ0v) is 16.8. The Morgan fingerprint density at radius 3 is 2.36 bits per heavy atom. The van der Waals surface area contributed by atoms with Gasteiger partial charge in [0.1, 0.15) is 0 Å². The summed E-state index contributed by atoms with van der Waals surface area (Å²) in [6, 6.07) is 9.42. The van der Waals surface area contributed by atoms with Gasteiger partial charge in [-0.15, -0.1) is 0 Å². The van der Waals surface area contributed by atoms with Crippen molar-refractivity contribution in [2.24, 2.45) is 0 Å². The van der Waals surface area contributed by atoms with Crippen LogP contribution in [0.2, 0.25) is 5.02 Å². The largest absolute Gasteiger partial charge is 0.349 e. The fourth-order valence-corrected chi connectivity index (χ4v) is 4.87. The SMILES string of the molecule is C[NH+](C1CCCCCC1)C1CCN(C(=S)Nc2cccc(Cl)c2)CC1. The Balaban J connectivity index is 1.48. The molecule has 2 fully saturated rings. The molecule has 0 amide bonds. The lowest BCUT2D eigenvalue weighted by atomic mass is 9.99. The number of rotatable bonds is 3. The molecule has 2 aliphatic rings. The third-order valence-electron chi connectivity index (χ3n) is 6.00. The maximum absolute atomic E-state index is 6.05. The second-order valence-corrected chi connectivity index (χ2v) is 8.46. The number of halogens is 1. The maximum atomic E-state index is 6.05. The number of likely N-dealkylation sites (tertiary alicyclic amines) is 1. The average molecular weight is 381 g/mol. The van der Waals surface area contributed by atoms with Crippen molar-refractivity contribution in [3.05, 3.63) is 29.3 Å². The Morgan fingerprint density at radius 1 is 1.08 bits per heavy atom. The highest BCUT2D eigenvalue weighted by Crippen LogP contribution is 2.18. The fourth-order valence-electron chi connectivity index (χ4n) is 4.37. The van der Waals surface area contributed by atoms with Gasteiger partial charge >= 0.3 is 0 Å². The van der Waals surface area contributed by atoms with Crippen LogP contribution in [0, 0.1) is 0 Å². The van der Waals surface area contributed by atoms with Gasteiger partial charge in [-0.25, -0.2) is 0 Å². The van der Waals surface area contributed by atoms with E-state index in [0.29, 0.717) is 0 Å². The van der Waals surface area contributed by atoms with Gasteiger partial charge < -0.3 is 15.1 Å². The molecule has 1 aliphatic heterocycles. The molecule has 1 unspecified atom stereocenters. The fraction of sp³-hybridized carbons (Fsp3) is 0.650. The van der Waals surface area contributed by atoms with E-state index in [1.807, 2.05) is 24.3 Å². The van der Waals surface area contributed by atoms with E-state index in [2.05, 4.69) is 17.3 Å². The predicted molar refractivity (Wildman–Crippen MR) is 111 cm³/mol. The molecule has 0 spiro atoms. The molecule has 3 rings (SSSR count). The van der Waals surface area contributed by atoms with E-state index in [4.69, 9.17) is 23.8 Å². The van der Waals surface area contributed by atoms with E-state index in [-0.39, 0.29) is 0 Å². The molecule has 0 radical (unpaired) electrons. The van der Waals surface area contributed by atoms with E-state index < -0.39 is 0 Å². The van der Waals surface area contributed by atoms with Crippen molar-refractivity contribution >= 4 is 34.6 Å². The number of hydrogen-bond acceptors (Lipinski definition) is 1. The van der Waals surface area contributed by atoms with Crippen LogP contribution in [0.25, 0.3) is 0 Å². The van der Waals surface area contributed by atoms with Crippen molar-refractivity contribution in [1.82, 2.24) is 4.90 Å². The van der Waals surface area contributed by atoms with Crippen LogP contribution in [0.4, 0.5) is 5.69 Å². The summed E-state index contributed by atoms with van der Waals surface area (Å²) in [6.45, 7) is 2.11. The van der Waals surface area contributed by atoms with Gasteiger partial charge in [0.25, 0.3) is 0 Å². The topological polar surface area (TPSA) is 19.7 Å². The second-order valence-electron chi connectivity index (χ2n) is 7.63. The van der Waals surface area contributed by atoms with Crippen LogP contribution >= 0.6 is 23.8 Å². The summed E-state index contributed by atoms with van der Waals surface area (Å²) in [5.74, 6) is 0. The minimum Gasteiger partial charge on any atom is -0.349 e. The molecule has 1 aliphatic carbocycles. The van der Waals surface area contributed by atoms with E-state index in [9.17, 15) is 0 Å². The number of piperidine rings is 1. The van der Waals surface area contributed by atoms with Crippen molar-refractivity contribution in [3.63, 3.8) is 0 Å². The number of benzene rings is 1. The summed E-state index contributed by atoms with van der Waals surface area (Å²) in [5.41, 5.74) is 0.973. The predicted octanol–water partition coefficient (Wildman–Crippen LogP) is 3.74. The van der Waals surface area contributed by atoms with Crippen molar-refractivity contribution in [2.45, 2.75) is 63.5 Å². The molecule has 1 aromatic rings. The summed E-state index contributed by atoms with van der Waals surface area (Å²) in [7, 11) is 2.43. The first-order valence-electron chi connectivity index (χ1n) is 9.78. The molecule has 5 heteroatoms. The Morgan fingerprint density at radius 2 is 1.72 bits per heavy atom. The maximum Gasteiger partial charge on any atom is 0.173 e. The van der Waals surface area contributed by atoms with E-state index in [1.165, 1.54) is 51.4 Å². The first kappa shape index (κ1) is 18.9. The van der Waals surface area contributed by atoms with Gasteiger partial charge in [-0.3, -0.25) is 0 Å². The quantitative estimate of drug-likeness (QED) is 0.615. The molecule has 1 saturated heterocycles. The number of nitrogens with zero attached hydrogens (tertiary/aromatic N) is 1. The molecule has 0 aromatic heterocycles. The van der Waals surface area contributed by atoms with Crippen LogP contribution in [0.15, 0.2) is 24.3 Å². The molecular formula is C20H31ClN3S+. The van der Waals surface area contributed by atoms with Crippen molar-refractivity contribution in [3.8, 4) is 0 Å². The molecule has 1 saturated carbocycles. The highest BCUT2D eigenvalue weighted by Gasteiger charge is 2.31. The lowest BCUT2D eigenvalue weighted by Gasteiger charge is -2.38. The summed E-state index contributed by atoms with van der Waals surface area (Å²) in [4.78, 5) is 4.09. The Hall–Kier alpha value is -0.840. The van der Waals surface area contributed by atoms with Crippen LogP contribution in [0.5, 0.6) is 0 Å². The minimum absolute atomic E-state index is 0.736. The van der Waals surface area contributed by atoms with Crippen LogP contribution in [-0.4, -0.2) is 42.2 Å². The molecule has 3 nitrogen and oxygen atoms in total. The third-order valence-corrected chi connectivity index (χ3v) is 6.60. The highest BCUT2D eigenvalue weighted by atomic mass is 35.5. The van der Waals surface area contributed by atoms with Crippen molar-refractivity contribution in [2.75, 3.05) is 25.5 Å². The van der Waals surface area contributed by atoms with Gasteiger partial charge in [-0.1, -0.05) is 30.5 Å².